The zero-order valence-corrected chi connectivity index (χ0v) is 18.7. The van der Waals surface area contributed by atoms with Gasteiger partial charge in [0.05, 0.1) is 17.3 Å². The van der Waals surface area contributed by atoms with Crippen molar-refractivity contribution in [3.8, 4) is 0 Å². The highest BCUT2D eigenvalue weighted by molar-refractivity contribution is 7.10. The Balaban J connectivity index is 1.08. The largest absolute Gasteiger partial charge is 0.364 e. The van der Waals surface area contributed by atoms with Crippen molar-refractivity contribution in [1.29, 1.82) is 0 Å². The van der Waals surface area contributed by atoms with Crippen molar-refractivity contribution in [2.24, 2.45) is 5.92 Å². The van der Waals surface area contributed by atoms with Crippen LogP contribution in [0.1, 0.15) is 47.2 Å². The van der Waals surface area contributed by atoms with E-state index in [0.717, 1.165) is 27.7 Å². The number of nitrogens with one attached hydrogen (secondary N) is 2. The molecule has 0 aliphatic heterocycles. The maximum atomic E-state index is 12.6. The molecule has 7 nitrogen and oxygen atoms in total. The molecule has 2 fully saturated rings. The number of halogens is 1. The second-order valence-electron chi connectivity index (χ2n) is 8.48. The number of anilines is 2. The van der Waals surface area contributed by atoms with Crippen LogP contribution in [0.2, 0.25) is 5.02 Å². The number of rotatable bonds is 7. The molecule has 4 aromatic heterocycles. The van der Waals surface area contributed by atoms with E-state index in [0.29, 0.717) is 24.1 Å². The molecule has 0 spiro atoms. The van der Waals surface area contributed by atoms with Gasteiger partial charge in [0.25, 0.3) is 0 Å². The van der Waals surface area contributed by atoms with Crippen LogP contribution in [-0.2, 0) is 11.3 Å². The maximum absolute atomic E-state index is 12.6. The van der Waals surface area contributed by atoms with Gasteiger partial charge in [0.2, 0.25) is 5.91 Å². The second kappa shape index (κ2) is 7.86. The van der Waals surface area contributed by atoms with E-state index in [4.69, 9.17) is 11.6 Å². The molecule has 6 rings (SSSR count). The van der Waals surface area contributed by atoms with Gasteiger partial charge in [-0.15, -0.1) is 11.3 Å². The van der Waals surface area contributed by atoms with E-state index >= 15 is 0 Å². The summed E-state index contributed by atoms with van der Waals surface area (Å²) in [5.74, 6) is 2.05. The lowest BCUT2D eigenvalue weighted by atomic mass is 10.2. The topological polar surface area (TPSA) is 84.2 Å². The van der Waals surface area contributed by atoms with Gasteiger partial charge in [-0.05, 0) is 42.9 Å². The van der Waals surface area contributed by atoms with Crippen LogP contribution in [0.3, 0.4) is 0 Å². The molecule has 9 heteroatoms. The number of nitrogens with zero attached hydrogens (tertiary/aromatic N) is 4. The first-order valence-electron chi connectivity index (χ1n) is 10.7. The van der Waals surface area contributed by atoms with Gasteiger partial charge in [-0.1, -0.05) is 17.7 Å². The van der Waals surface area contributed by atoms with Crippen molar-refractivity contribution in [3.63, 3.8) is 0 Å². The number of thiophene rings is 1. The lowest BCUT2D eigenvalue weighted by Gasteiger charge is -2.07. The van der Waals surface area contributed by atoms with E-state index in [9.17, 15) is 4.79 Å². The minimum atomic E-state index is -0.0328. The molecule has 2 N–H and O–H groups in total. The minimum absolute atomic E-state index is 0.0176. The molecule has 2 aliphatic rings. The average Bonchev–Trinajstić information content (AvgIpc) is 3.71. The summed E-state index contributed by atoms with van der Waals surface area (Å²) >= 11 is 7.61. The fourth-order valence-corrected chi connectivity index (χ4v) is 5.31. The fraction of sp³-hybridized carbons (Fsp3) is 0.304. The summed E-state index contributed by atoms with van der Waals surface area (Å²) < 4.78 is 2.09. The molecule has 2 atom stereocenters. The standard InChI is InChI=1S/C23H21ClN6OS/c24-15-5-19(32-11-15)17-6-18(17)23(31)29-21-7-20(26-12-27-21)25-8-16-10-30-9-14(13-1-2-13)3-4-22(30)28-16/h3-5,7,9-13,17-18H,1-2,6,8H2,(H2,25,26,27,29,31). The van der Waals surface area contributed by atoms with Crippen LogP contribution in [0.4, 0.5) is 11.6 Å². The van der Waals surface area contributed by atoms with Gasteiger partial charge in [-0.3, -0.25) is 4.79 Å². The number of fused-ring (bicyclic) bond motifs is 1. The summed E-state index contributed by atoms with van der Waals surface area (Å²) in [5.41, 5.74) is 3.25. The lowest BCUT2D eigenvalue weighted by Crippen LogP contribution is -2.16. The third-order valence-corrected chi connectivity index (χ3v) is 7.43. The van der Waals surface area contributed by atoms with Crippen LogP contribution in [0.25, 0.3) is 5.65 Å². The number of amides is 1. The fourth-order valence-electron chi connectivity index (χ4n) is 4.05. The van der Waals surface area contributed by atoms with Crippen LogP contribution in [0, 0.1) is 5.92 Å². The summed E-state index contributed by atoms with van der Waals surface area (Å²) in [6.07, 6.45) is 9.08. The van der Waals surface area contributed by atoms with Gasteiger partial charge in [0.15, 0.2) is 0 Å². The Bertz CT molecular complexity index is 1310. The molecule has 162 valence electrons. The summed E-state index contributed by atoms with van der Waals surface area (Å²) in [7, 11) is 0. The van der Waals surface area contributed by atoms with E-state index in [2.05, 4.69) is 48.3 Å². The van der Waals surface area contributed by atoms with Gasteiger partial charge in [-0.25, -0.2) is 15.0 Å². The zero-order valence-electron chi connectivity index (χ0n) is 17.2. The molecule has 0 aromatic carbocycles. The first kappa shape index (κ1) is 19.7. The van der Waals surface area contributed by atoms with Crippen molar-refractivity contribution in [1.82, 2.24) is 19.4 Å². The van der Waals surface area contributed by atoms with Gasteiger partial charge >= 0.3 is 0 Å². The summed E-state index contributed by atoms with van der Waals surface area (Å²) in [6, 6.07) is 7.94. The van der Waals surface area contributed by atoms with Crippen LogP contribution >= 0.6 is 22.9 Å². The predicted octanol–water partition coefficient (Wildman–Crippen LogP) is 5.07. The molecule has 2 unspecified atom stereocenters. The Hall–Kier alpha value is -2.97. The van der Waals surface area contributed by atoms with E-state index in [1.807, 2.05) is 17.6 Å². The van der Waals surface area contributed by atoms with Crippen molar-refractivity contribution in [3.05, 3.63) is 69.5 Å². The first-order chi connectivity index (χ1) is 15.6. The van der Waals surface area contributed by atoms with Crippen molar-refractivity contribution >= 4 is 46.1 Å². The lowest BCUT2D eigenvalue weighted by molar-refractivity contribution is -0.117. The quantitative estimate of drug-likeness (QED) is 0.399. The highest BCUT2D eigenvalue weighted by Gasteiger charge is 2.44. The van der Waals surface area contributed by atoms with E-state index in [1.165, 1.54) is 24.7 Å². The SMILES string of the molecule is O=C(Nc1cc(NCc2cn3cc(C4CC4)ccc3n2)ncn1)C1CC1c1cc(Cl)cs1. The molecule has 32 heavy (non-hydrogen) atoms. The zero-order chi connectivity index (χ0) is 21.7. The highest BCUT2D eigenvalue weighted by Crippen LogP contribution is 2.50. The number of aromatic nitrogens is 4. The molecule has 1 amide bonds. The number of hydrogen-bond donors (Lipinski definition) is 2. The Morgan fingerprint density at radius 1 is 1.19 bits per heavy atom. The van der Waals surface area contributed by atoms with E-state index in [-0.39, 0.29) is 17.7 Å². The molecule has 0 bridgehead atoms. The van der Waals surface area contributed by atoms with Crippen LogP contribution < -0.4 is 10.6 Å². The molecular weight excluding hydrogens is 444 g/mol. The molecule has 2 aliphatic carbocycles. The normalized spacial score (nSPS) is 19.8. The molecule has 4 aromatic rings. The van der Waals surface area contributed by atoms with E-state index < -0.39 is 0 Å². The Kier molecular flexibility index (Phi) is 4.84. The van der Waals surface area contributed by atoms with Gasteiger partial charge in [-0.2, -0.15) is 0 Å². The average molecular weight is 465 g/mol. The first-order valence-corrected chi connectivity index (χ1v) is 12.0. The number of pyridine rings is 1. The Labute approximate surface area is 193 Å². The summed E-state index contributed by atoms with van der Waals surface area (Å²) in [4.78, 5) is 26.9. The number of carbonyl (C=O) groups is 1. The van der Waals surface area contributed by atoms with Crippen molar-refractivity contribution in [2.75, 3.05) is 10.6 Å². The highest BCUT2D eigenvalue weighted by atomic mass is 35.5. The van der Waals surface area contributed by atoms with Crippen LogP contribution in [0.15, 0.2) is 48.4 Å². The summed E-state index contributed by atoms with van der Waals surface area (Å²) in [6.45, 7) is 0.536. The molecule has 0 saturated heterocycles. The number of hydrogen-bond acceptors (Lipinski definition) is 6. The summed E-state index contributed by atoms with van der Waals surface area (Å²) in [5, 5.41) is 8.83. The Morgan fingerprint density at radius 3 is 2.88 bits per heavy atom. The van der Waals surface area contributed by atoms with Gasteiger partial charge in [0.1, 0.15) is 23.6 Å². The molecule has 4 heterocycles. The van der Waals surface area contributed by atoms with E-state index in [1.54, 1.807) is 17.4 Å². The van der Waals surface area contributed by atoms with Crippen LogP contribution in [-0.4, -0.2) is 25.3 Å². The smallest absolute Gasteiger partial charge is 0.229 e. The monoisotopic (exact) mass is 464 g/mol. The minimum Gasteiger partial charge on any atom is -0.364 e. The third-order valence-electron chi connectivity index (χ3n) is 6.02. The predicted molar refractivity (Wildman–Crippen MR) is 125 cm³/mol. The Morgan fingerprint density at radius 2 is 2.06 bits per heavy atom. The third kappa shape index (κ3) is 4.08. The van der Waals surface area contributed by atoms with Crippen molar-refractivity contribution in [2.45, 2.75) is 37.6 Å². The van der Waals surface area contributed by atoms with Gasteiger partial charge in [0, 0.05) is 40.6 Å². The number of imidazole rings is 1. The second-order valence-corrected chi connectivity index (χ2v) is 9.86. The number of carbonyl (C=O) groups excluding carboxylic acids is 1. The van der Waals surface area contributed by atoms with Crippen LogP contribution in [0.5, 0.6) is 0 Å². The van der Waals surface area contributed by atoms with Crippen molar-refractivity contribution < 1.29 is 4.79 Å². The molecule has 2 saturated carbocycles. The molecule has 0 radical (unpaired) electrons. The van der Waals surface area contributed by atoms with Gasteiger partial charge < -0.3 is 15.0 Å². The molecular formula is C23H21ClN6OS. The maximum Gasteiger partial charge on any atom is 0.229 e.